The molecular formula is C12H18Br2N2O2S2. The molecule has 0 aliphatic heterocycles. The van der Waals surface area contributed by atoms with E-state index in [1.807, 2.05) is 7.05 Å². The zero-order chi connectivity index (χ0) is 14.9. The lowest BCUT2D eigenvalue weighted by atomic mass is 9.91. The Balaban J connectivity index is 2.16. The maximum absolute atomic E-state index is 12.7. The van der Waals surface area contributed by atoms with Crippen LogP contribution in [-0.4, -0.2) is 38.9 Å². The van der Waals surface area contributed by atoms with Gasteiger partial charge in [-0.25, -0.2) is 8.42 Å². The van der Waals surface area contributed by atoms with Crippen LogP contribution in [0.3, 0.4) is 0 Å². The molecule has 1 aliphatic rings. The van der Waals surface area contributed by atoms with E-state index in [4.69, 9.17) is 0 Å². The van der Waals surface area contributed by atoms with E-state index in [1.54, 1.807) is 13.1 Å². The van der Waals surface area contributed by atoms with E-state index in [0.29, 0.717) is 14.7 Å². The van der Waals surface area contributed by atoms with Crippen molar-refractivity contribution in [2.45, 2.75) is 42.7 Å². The Kier molecular flexibility index (Phi) is 5.70. The highest BCUT2D eigenvalue weighted by Crippen LogP contribution is 2.37. The average molecular weight is 446 g/mol. The molecule has 1 saturated carbocycles. The minimum Gasteiger partial charge on any atom is -0.317 e. The summed E-state index contributed by atoms with van der Waals surface area (Å²) < 4.78 is 28.4. The number of hydrogen-bond acceptors (Lipinski definition) is 4. The van der Waals surface area contributed by atoms with Gasteiger partial charge in [0.2, 0.25) is 10.0 Å². The molecule has 0 bridgehead atoms. The smallest absolute Gasteiger partial charge is 0.245 e. The lowest BCUT2D eigenvalue weighted by molar-refractivity contribution is 0.255. The van der Waals surface area contributed by atoms with Crippen LogP contribution in [0.4, 0.5) is 0 Å². The molecule has 0 amide bonds. The van der Waals surface area contributed by atoms with Gasteiger partial charge in [-0.3, -0.25) is 0 Å². The molecular weight excluding hydrogens is 428 g/mol. The highest BCUT2D eigenvalue weighted by atomic mass is 79.9. The van der Waals surface area contributed by atoms with Crippen molar-refractivity contribution in [3.63, 3.8) is 0 Å². The van der Waals surface area contributed by atoms with E-state index in [-0.39, 0.29) is 6.04 Å². The lowest BCUT2D eigenvalue weighted by Gasteiger charge is -2.33. The third-order valence-corrected chi connectivity index (χ3v) is 8.57. The van der Waals surface area contributed by atoms with Crippen molar-refractivity contribution in [3.8, 4) is 0 Å². The second-order valence-corrected chi connectivity index (χ2v) is 10.7. The van der Waals surface area contributed by atoms with Crippen LogP contribution in [0, 0.1) is 0 Å². The first kappa shape index (κ1) is 16.9. The van der Waals surface area contributed by atoms with E-state index in [1.165, 1.54) is 15.6 Å². The monoisotopic (exact) mass is 444 g/mol. The predicted octanol–water partition coefficient (Wildman–Crippen LogP) is 3.42. The standard InChI is InChI=1S/C12H18Br2N2O2S2/c1-15-8-3-5-9(6-4-8)16(2)20(17,18)10-7-11(13)19-12(10)14/h7-9,15H,3-6H2,1-2H3. The molecule has 1 aromatic heterocycles. The third kappa shape index (κ3) is 3.47. The summed E-state index contributed by atoms with van der Waals surface area (Å²) in [7, 11) is 0.230. The van der Waals surface area contributed by atoms with Crippen LogP contribution < -0.4 is 5.32 Å². The Labute approximate surface area is 141 Å². The summed E-state index contributed by atoms with van der Waals surface area (Å²) >= 11 is 8.06. The van der Waals surface area contributed by atoms with Crippen LogP contribution >= 0.6 is 43.2 Å². The average Bonchev–Trinajstić information content (AvgIpc) is 2.77. The number of thiophene rings is 1. The summed E-state index contributed by atoms with van der Waals surface area (Å²) in [6.07, 6.45) is 3.86. The minimum atomic E-state index is -3.43. The molecule has 1 fully saturated rings. The van der Waals surface area contributed by atoms with Crippen LogP contribution in [0.15, 0.2) is 18.5 Å². The van der Waals surface area contributed by atoms with Gasteiger partial charge in [0.15, 0.2) is 0 Å². The van der Waals surface area contributed by atoms with Crippen molar-refractivity contribution < 1.29 is 8.42 Å². The number of nitrogens with zero attached hydrogens (tertiary/aromatic N) is 1. The van der Waals surface area contributed by atoms with Gasteiger partial charge in [-0.05, 0) is 70.7 Å². The van der Waals surface area contributed by atoms with Gasteiger partial charge in [0.25, 0.3) is 0 Å². The highest BCUT2D eigenvalue weighted by Gasteiger charge is 2.33. The van der Waals surface area contributed by atoms with E-state index < -0.39 is 10.0 Å². The SMILES string of the molecule is CNC1CCC(N(C)S(=O)(=O)c2cc(Br)sc2Br)CC1. The quantitative estimate of drug-likeness (QED) is 0.772. The molecule has 1 heterocycles. The molecule has 0 radical (unpaired) electrons. The Morgan fingerprint density at radius 1 is 1.30 bits per heavy atom. The maximum atomic E-state index is 12.7. The molecule has 0 atom stereocenters. The summed E-state index contributed by atoms with van der Waals surface area (Å²) in [4.78, 5) is 0.354. The Bertz CT molecular complexity index is 566. The second-order valence-electron chi connectivity index (χ2n) is 5.00. The molecule has 0 unspecified atom stereocenters. The van der Waals surface area contributed by atoms with Crippen LogP contribution in [0.25, 0.3) is 0 Å². The fourth-order valence-electron chi connectivity index (χ4n) is 2.58. The highest BCUT2D eigenvalue weighted by molar-refractivity contribution is 9.12. The van der Waals surface area contributed by atoms with Gasteiger partial charge in [-0.2, -0.15) is 4.31 Å². The number of rotatable bonds is 4. The molecule has 1 N–H and O–H groups in total. The fourth-order valence-corrected chi connectivity index (χ4v) is 7.76. The van der Waals surface area contributed by atoms with Gasteiger partial charge < -0.3 is 5.32 Å². The Morgan fingerprint density at radius 2 is 1.90 bits per heavy atom. The van der Waals surface area contributed by atoms with Gasteiger partial charge in [0.05, 0.1) is 7.57 Å². The van der Waals surface area contributed by atoms with E-state index in [0.717, 1.165) is 29.5 Å². The molecule has 1 aromatic rings. The maximum Gasteiger partial charge on any atom is 0.245 e. The summed E-state index contributed by atoms with van der Waals surface area (Å²) in [5, 5.41) is 3.27. The first-order valence-corrected chi connectivity index (χ1v) is 10.3. The molecule has 1 aliphatic carbocycles. The first-order chi connectivity index (χ1) is 9.36. The van der Waals surface area contributed by atoms with Crippen LogP contribution in [0.1, 0.15) is 25.7 Å². The predicted molar refractivity (Wildman–Crippen MR) is 89.8 cm³/mol. The Hall–Kier alpha value is 0.530. The zero-order valence-corrected chi connectivity index (χ0v) is 16.2. The molecule has 4 nitrogen and oxygen atoms in total. The number of sulfonamides is 1. The van der Waals surface area contributed by atoms with Gasteiger partial charge in [0.1, 0.15) is 4.90 Å². The Morgan fingerprint density at radius 3 is 2.35 bits per heavy atom. The van der Waals surface area contributed by atoms with E-state index in [2.05, 4.69) is 37.2 Å². The van der Waals surface area contributed by atoms with Crippen molar-refractivity contribution in [1.82, 2.24) is 9.62 Å². The molecule has 8 heteroatoms. The van der Waals surface area contributed by atoms with Gasteiger partial charge in [-0.1, -0.05) is 0 Å². The molecule has 0 aromatic carbocycles. The van der Waals surface area contributed by atoms with Crippen LogP contribution in [0.2, 0.25) is 0 Å². The molecule has 114 valence electrons. The summed E-state index contributed by atoms with van der Waals surface area (Å²) in [6, 6.07) is 2.28. The summed E-state index contributed by atoms with van der Waals surface area (Å²) in [5.41, 5.74) is 0. The summed E-state index contributed by atoms with van der Waals surface area (Å²) in [6.45, 7) is 0. The van der Waals surface area contributed by atoms with Gasteiger partial charge in [-0.15, -0.1) is 11.3 Å². The number of hydrogen-bond donors (Lipinski definition) is 1. The molecule has 2 rings (SSSR count). The molecule has 0 saturated heterocycles. The van der Waals surface area contributed by atoms with Crippen molar-refractivity contribution in [1.29, 1.82) is 0 Å². The second kappa shape index (κ2) is 6.75. The molecule has 20 heavy (non-hydrogen) atoms. The van der Waals surface area contributed by atoms with Gasteiger partial charge in [0, 0.05) is 19.1 Å². The van der Waals surface area contributed by atoms with Crippen LogP contribution in [0.5, 0.6) is 0 Å². The summed E-state index contributed by atoms with van der Waals surface area (Å²) in [5.74, 6) is 0. The van der Waals surface area contributed by atoms with Crippen molar-refractivity contribution in [3.05, 3.63) is 13.6 Å². The topological polar surface area (TPSA) is 49.4 Å². The van der Waals surface area contributed by atoms with Crippen molar-refractivity contribution in [2.24, 2.45) is 0 Å². The zero-order valence-electron chi connectivity index (χ0n) is 11.4. The number of nitrogens with one attached hydrogen (secondary N) is 1. The third-order valence-electron chi connectivity index (χ3n) is 3.90. The first-order valence-electron chi connectivity index (χ1n) is 6.46. The normalized spacial score (nSPS) is 24.2. The van der Waals surface area contributed by atoms with Crippen LogP contribution in [-0.2, 0) is 10.0 Å². The fraction of sp³-hybridized carbons (Fsp3) is 0.667. The largest absolute Gasteiger partial charge is 0.317 e. The van der Waals surface area contributed by atoms with E-state index >= 15 is 0 Å². The van der Waals surface area contributed by atoms with E-state index in [9.17, 15) is 8.42 Å². The molecule has 0 spiro atoms. The number of halogens is 2. The van der Waals surface area contributed by atoms with Crippen molar-refractivity contribution in [2.75, 3.05) is 14.1 Å². The minimum absolute atomic E-state index is 0.0928. The lowest BCUT2D eigenvalue weighted by Crippen LogP contribution is -2.42. The van der Waals surface area contributed by atoms with Gasteiger partial charge >= 0.3 is 0 Å². The van der Waals surface area contributed by atoms with Crippen molar-refractivity contribution >= 4 is 53.2 Å².